The number of carbonyl (C=O) groups excluding carboxylic acids is 1. The Balaban J connectivity index is 3.87. The molecule has 7 nitrogen and oxygen atoms in total. The fourth-order valence-corrected chi connectivity index (χ4v) is 3.82. The third-order valence-corrected chi connectivity index (χ3v) is 5.41. The third-order valence-electron chi connectivity index (χ3n) is 4.20. The number of nitrogens with zero attached hydrogens (tertiary/aromatic N) is 1. The second kappa shape index (κ2) is 17.8. The maximum atomic E-state index is 12.3. The summed E-state index contributed by atoms with van der Waals surface area (Å²) in [5.74, 6) is -0.124. The molecule has 0 aromatic rings. The Hall–Kier alpha value is -1.28. The summed E-state index contributed by atoms with van der Waals surface area (Å²) in [6.45, 7) is 1.05. The van der Waals surface area contributed by atoms with Crippen LogP contribution in [-0.4, -0.2) is 71.8 Å². The lowest BCUT2D eigenvalue weighted by molar-refractivity contribution is -0.148. The predicted octanol–water partition coefficient (Wildman–Crippen LogP) is 3.51. The Morgan fingerprint density at radius 1 is 0.857 bits per heavy atom. The molecule has 0 aliphatic rings. The van der Waals surface area contributed by atoms with Gasteiger partial charge in [0.2, 0.25) is 0 Å². The van der Waals surface area contributed by atoms with Crippen molar-refractivity contribution in [3.8, 4) is 0 Å². The number of hydrogen-bond donors (Lipinski definition) is 2. The van der Waals surface area contributed by atoms with Gasteiger partial charge in [-0.3, -0.25) is 14.4 Å². The monoisotopic (exact) mass is 419 g/mol. The second-order valence-corrected chi connectivity index (χ2v) is 8.47. The summed E-state index contributed by atoms with van der Waals surface area (Å²) in [6.07, 6.45) is 7.29. The summed E-state index contributed by atoms with van der Waals surface area (Å²) >= 11 is 1.75. The largest absolute Gasteiger partial charge is 0.481 e. The van der Waals surface area contributed by atoms with Gasteiger partial charge in [0.15, 0.2) is 0 Å². The standard InChI is InChI=1S/C20H37NO6S/c1-21(2)15-17(16-28-14-10-6-4-8-12-19(24)25)20(26)27-13-9-5-3-7-11-18(22)23/h17H,3-16H2,1-2H3,(H,22,23)(H,24,25). The van der Waals surface area contributed by atoms with Crippen molar-refractivity contribution in [2.45, 2.75) is 64.2 Å². The van der Waals surface area contributed by atoms with Crippen molar-refractivity contribution < 1.29 is 29.3 Å². The Kier molecular flexibility index (Phi) is 17.0. The van der Waals surface area contributed by atoms with Crippen LogP contribution in [0.4, 0.5) is 0 Å². The molecule has 0 amide bonds. The van der Waals surface area contributed by atoms with Crippen LogP contribution < -0.4 is 0 Å². The molecule has 2 N–H and O–H groups in total. The van der Waals surface area contributed by atoms with Gasteiger partial charge in [-0.2, -0.15) is 11.8 Å². The molecule has 0 spiro atoms. The van der Waals surface area contributed by atoms with E-state index in [2.05, 4.69) is 0 Å². The lowest BCUT2D eigenvalue weighted by Crippen LogP contribution is -2.31. The lowest BCUT2D eigenvalue weighted by Gasteiger charge is -2.19. The molecule has 28 heavy (non-hydrogen) atoms. The molecule has 0 fully saturated rings. The first-order valence-corrected chi connectivity index (χ1v) is 11.3. The zero-order chi connectivity index (χ0) is 21.2. The van der Waals surface area contributed by atoms with Crippen molar-refractivity contribution in [2.75, 3.05) is 38.8 Å². The van der Waals surface area contributed by atoms with Crippen LogP contribution in [0.1, 0.15) is 64.2 Å². The van der Waals surface area contributed by atoms with E-state index in [0.29, 0.717) is 19.6 Å². The molecule has 8 heteroatoms. The van der Waals surface area contributed by atoms with E-state index in [1.54, 1.807) is 11.8 Å². The summed E-state index contributed by atoms with van der Waals surface area (Å²) < 4.78 is 5.41. The smallest absolute Gasteiger partial charge is 0.311 e. The van der Waals surface area contributed by atoms with E-state index in [4.69, 9.17) is 14.9 Å². The van der Waals surface area contributed by atoms with Gasteiger partial charge < -0.3 is 19.8 Å². The summed E-state index contributed by atoms with van der Waals surface area (Å²) in [5.41, 5.74) is 0. The molecule has 0 aromatic heterocycles. The van der Waals surface area contributed by atoms with Crippen molar-refractivity contribution >= 4 is 29.7 Å². The molecule has 0 saturated carbocycles. The van der Waals surface area contributed by atoms with Crippen LogP contribution in [0.2, 0.25) is 0 Å². The lowest BCUT2D eigenvalue weighted by atomic mass is 10.1. The first kappa shape index (κ1) is 26.7. The van der Waals surface area contributed by atoms with Gasteiger partial charge in [-0.1, -0.05) is 25.7 Å². The van der Waals surface area contributed by atoms with Gasteiger partial charge in [-0.15, -0.1) is 0 Å². The number of esters is 1. The average molecular weight is 420 g/mol. The van der Waals surface area contributed by atoms with Crippen LogP contribution in [0.25, 0.3) is 0 Å². The minimum absolute atomic E-state index is 0.154. The Morgan fingerprint density at radius 2 is 1.39 bits per heavy atom. The van der Waals surface area contributed by atoms with E-state index in [1.807, 2.05) is 19.0 Å². The van der Waals surface area contributed by atoms with E-state index < -0.39 is 11.9 Å². The molecular weight excluding hydrogens is 382 g/mol. The van der Waals surface area contributed by atoms with Crippen LogP contribution in [-0.2, 0) is 19.1 Å². The van der Waals surface area contributed by atoms with Gasteiger partial charge in [-0.05, 0) is 45.5 Å². The SMILES string of the molecule is CN(C)CC(CSCCCCCCC(=O)O)C(=O)OCCCCCCC(=O)O. The molecule has 0 radical (unpaired) electrons. The summed E-state index contributed by atoms with van der Waals surface area (Å²) in [4.78, 5) is 35.2. The van der Waals surface area contributed by atoms with Crippen molar-refractivity contribution in [2.24, 2.45) is 5.92 Å². The third kappa shape index (κ3) is 18.1. The van der Waals surface area contributed by atoms with Crippen molar-refractivity contribution in [1.29, 1.82) is 0 Å². The number of ether oxygens (including phenoxy) is 1. The number of hydrogen-bond acceptors (Lipinski definition) is 6. The highest BCUT2D eigenvalue weighted by Gasteiger charge is 2.20. The number of carboxylic acid groups (broad SMARTS) is 2. The van der Waals surface area contributed by atoms with Gasteiger partial charge >= 0.3 is 17.9 Å². The van der Waals surface area contributed by atoms with Crippen LogP contribution >= 0.6 is 11.8 Å². The Bertz CT molecular complexity index is 444. The summed E-state index contributed by atoms with van der Waals surface area (Å²) in [5, 5.41) is 17.2. The first-order chi connectivity index (χ1) is 13.3. The zero-order valence-electron chi connectivity index (χ0n) is 17.4. The molecule has 0 saturated heterocycles. The minimum Gasteiger partial charge on any atom is -0.481 e. The Labute approximate surface area is 173 Å². The van der Waals surface area contributed by atoms with E-state index in [0.717, 1.165) is 56.5 Å². The topological polar surface area (TPSA) is 104 Å². The zero-order valence-corrected chi connectivity index (χ0v) is 18.2. The molecule has 1 unspecified atom stereocenters. The molecular formula is C20H37NO6S. The summed E-state index contributed by atoms with van der Waals surface area (Å²) in [7, 11) is 3.88. The minimum atomic E-state index is -0.768. The van der Waals surface area contributed by atoms with Crippen LogP contribution in [0, 0.1) is 5.92 Å². The molecule has 0 rings (SSSR count). The predicted molar refractivity (Wildman–Crippen MR) is 112 cm³/mol. The maximum absolute atomic E-state index is 12.3. The van der Waals surface area contributed by atoms with Crippen molar-refractivity contribution in [3.63, 3.8) is 0 Å². The van der Waals surface area contributed by atoms with Crippen molar-refractivity contribution in [1.82, 2.24) is 4.90 Å². The van der Waals surface area contributed by atoms with Crippen LogP contribution in [0.5, 0.6) is 0 Å². The Morgan fingerprint density at radius 3 is 1.93 bits per heavy atom. The average Bonchev–Trinajstić information content (AvgIpc) is 2.61. The van der Waals surface area contributed by atoms with Crippen LogP contribution in [0.3, 0.4) is 0 Å². The quantitative estimate of drug-likeness (QED) is 0.242. The maximum Gasteiger partial charge on any atom is 0.311 e. The molecule has 0 bridgehead atoms. The van der Waals surface area contributed by atoms with Crippen LogP contribution in [0.15, 0.2) is 0 Å². The second-order valence-electron chi connectivity index (χ2n) is 7.32. The summed E-state index contributed by atoms with van der Waals surface area (Å²) in [6, 6.07) is 0. The molecule has 0 aliphatic heterocycles. The van der Waals surface area contributed by atoms with E-state index in [-0.39, 0.29) is 24.7 Å². The molecule has 0 heterocycles. The molecule has 164 valence electrons. The fourth-order valence-electron chi connectivity index (χ4n) is 2.72. The first-order valence-electron chi connectivity index (χ1n) is 10.2. The number of carbonyl (C=O) groups is 3. The number of aliphatic carboxylic acids is 2. The van der Waals surface area contributed by atoms with Crippen molar-refractivity contribution in [3.05, 3.63) is 0 Å². The van der Waals surface area contributed by atoms with E-state index in [1.165, 1.54) is 0 Å². The number of rotatable bonds is 19. The fraction of sp³-hybridized carbons (Fsp3) is 0.850. The highest BCUT2D eigenvalue weighted by atomic mass is 32.2. The normalized spacial score (nSPS) is 12.1. The van der Waals surface area contributed by atoms with E-state index >= 15 is 0 Å². The molecule has 1 atom stereocenters. The molecule has 0 aliphatic carbocycles. The van der Waals surface area contributed by atoms with Gasteiger partial charge in [0.1, 0.15) is 0 Å². The number of carboxylic acids is 2. The van der Waals surface area contributed by atoms with E-state index in [9.17, 15) is 14.4 Å². The van der Waals surface area contributed by atoms with Gasteiger partial charge in [-0.25, -0.2) is 0 Å². The molecule has 0 aromatic carbocycles. The van der Waals surface area contributed by atoms with Gasteiger partial charge in [0.25, 0.3) is 0 Å². The number of thioether (sulfide) groups is 1. The van der Waals surface area contributed by atoms with Gasteiger partial charge in [0.05, 0.1) is 12.5 Å². The van der Waals surface area contributed by atoms with Gasteiger partial charge in [0, 0.05) is 25.1 Å². The highest BCUT2D eigenvalue weighted by molar-refractivity contribution is 7.99. The highest BCUT2D eigenvalue weighted by Crippen LogP contribution is 2.15. The number of unbranched alkanes of at least 4 members (excludes halogenated alkanes) is 6.